The molecule has 0 bridgehead atoms. The highest BCUT2D eigenvalue weighted by Crippen LogP contribution is 2.52. The van der Waals surface area contributed by atoms with E-state index in [-0.39, 0.29) is 5.41 Å². The Morgan fingerprint density at radius 1 is 0.463 bits per heavy atom. The Kier molecular flexibility index (Phi) is 5.75. The third-order valence-corrected chi connectivity index (χ3v) is 11.6. The van der Waals surface area contributed by atoms with Gasteiger partial charge in [-0.15, -0.1) is 0 Å². The number of aromatic nitrogens is 5. The first-order chi connectivity index (χ1) is 26.5. The number of benzene rings is 7. The van der Waals surface area contributed by atoms with Gasteiger partial charge in [-0.2, -0.15) is 15.0 Å². The molecule has 11 aromatic rings. The summed E-state index contributed by atoms with van der Waals surface area (Å²) < 4.78 is 10.8. The molecular weight excluding hydrogens is 663 g/mol. The fourth-order valence-electron chi connectivity index (χ4n) is 9.14. The van der Waals surface area contributed by atoms with Gasteiger partial charge in [-0.05, 0) is 53.1 Å². The van der Waals surface area contributed by atoms with Crippen molar-refractivity contribution in [3.8, 4) is 34.4 Å². The summed E-state index contributed by atoms with van der Waals surface area (Å²) in [5.41, 5.74) is 11.7. The number of rotatable bonds is 3. The molecule has 6 nitrogen and oxygen atoms in total. The summed E-state index contributed by atoms with van der Waals surface area (Å²) in [6.45, 7) is 4.65. The van der Waals surface area contributed by atoms with Crippen LogP contribution in [0.2, 0.25) is 0 Å². The standard InChI is InChI=1S/C48H31N5O/c1-48(2)36-18-8-3-17-35(36)43-37(48)26-25-34-31-15-6-11-21-40(31)53(44(34)43)47-50-45(28-23-24-33-32-16-7-12-22-41(32)54-42(33)27-28)49-46(51-47)52-38-19-9-4-13-29(38)30-14-5-10-20-39(30)52/h3-27H,1-2H3. The first-order valence-electron chi connectivity index (χ1n) is 18.4. The topological polar surface area (TPSA) is 61.7 Å². The molecule has 0 saturated carbocycles. The van der Waals surface area contributed by atoms with Crippen LogP contribution in [0, 0.1) is 0 Å². The van der Waals surface area contributed by atoms with Crippen LogP contribution >= 0.6 is 0 Å². The van der Waals surface area contributed by atoms with Gasteiger partial charge < -0.3 is 4.42 Å². The highest BCUT2D eigenvalue weighted by atomic mass is 16.3. The van der Waals surface area contributed by atoms with Gasteiger partial charge in [-0.1, -0.05) is 129 Å². The first-order valence-corrected chi connectivity index (χ1v) is 18.4. The lowest BCUT2D eigenvalue weighted by atomic mass is 9.82. The molecule has 0 N–H and O–H groups in total. The monoisotopic (exact) mass is 693 g/mol. The van der Waals surface area contributed by atoms with Crippen molar-refractivity contribution in [1.82, 2.24) is 24.1 Å². The zero-order valence-electron chi connectivity index (χ0n) is 29.6. The number of para-hydroxylation sites is 4. The maximum atomic E-state index is 6.37. The van der Waals surface area contributed by atoms with Gasteiger partial charge >= 0.3 is 0 Å². The van der Waals surface area contributed by atoms with Crippen LogP contribution in [-0.4, -0.2) is 24.1 Å². The maximum absolute atomic E-state index is 6.37. The van der Waals surface area contributed by atoms with Crippen LogP contribution in [0.15, 0.2) is 156 Å². The van der Waals surface area contributed by atoms with E-state index in [4.69, 9.17) is 19.4 Å². The van der Waals surface area contributed by atoms with Crippen LogP contribution < -0.4 is 0 Å². The third kappa shape index (κ3) is 3.86. The second-order valence-corrected chi connectivity index (χ2v) is 14.8. The van der Waals surface area contributed by atoms with Gasteiger partial charge in [0.1, 0.15) is 11.2 Å². The highest BCUT2D eigenvalue weighted by molar-refractivity contribution is 6.15. The Bertz CT molecular complexity index is 3330. The van der Waals surface area contributed by atoms with Crippen molar-refractivity contribution in [2.45, 2.75) is 19.3 Å². The van der Waals surface area contributed by atoms with Crippen LogP contribution in [0.4, 0.5) is 0 Å². The Morgan fingerprint density at radius 2 is 1.02 bits per heavy atom. The lowest BCUT2D eigenvalue weighted by molar-refractivity contribution is 0.660. The molecule has 7 aromatic carbocycles. The molecule has 0 fully saturated rings. The molecule has 0 aliphatic heterocycles. The van der Waals surface area contributed by atoms with Gasteiger partial charge in [-0.3, -0.25) is 9.13 Å². The predicted molar refractivity (Wildman–Crippen MR) is 219 cm³/mol. The van der Waals surface area contributed by atoms with Crippen molar-refractivity contribution in [2.24, 2.45) is 0 Å². The van der Waals surface area contributed by atoms with E-state index < -0.39 is 0 Å². The first kappa shape index (κ1) is 29.5. The number of fused-ring (bicyclic) bond motifs is 13. The second kappa shape index (κ2) is 10.5. The van der Waals surface area contributed by atoms with Crippen LogP contribution in [0.3, 0.4) is 0 Å². The molecule has 0 amide bonds. The molecule has 6 heteroatoms. The lowest BCUT2D eigenvalue weighted by Crippen LogP contribution is -2.15. The van der Waals surface area contributed by atoms with E-state index in [1.54, 1.807) is 0 Å². The molecule has 1 aliphatic rings. The fourth-order valence-corrected chi connectivity index (χ4v) is 9.14. The summed E-state index contributed by atoms with van der Waals surface area (Å²) in [6.07, 6.45) is 0. The normalized spacial score (nSPS) is 13.5. The number of hydrogen-bond acceptors (Lipinski definition) is 4. The largest absolute Gasteiger partial charge is 0.456 e. The predicted octanol–water partition coefficient (Wildman–Crippen LogP) is 11.9. The van der Waals surface area contributed by atoms with E-state index in [1.807, 2.05) is 18.2 Å². The molecule has 0 radical (unpaired) electrons. The van der Waals surface area contributed by atoms with E-state index in [9.17, 15) is 0 Å². The molecule has 0 atom stereocenters. The molecule has 0 saturated heterocycles. The van der Waals surface area contributed by atoms with E-state index in [2.05, 4.69) is 156 Å². The molecule has 254 valence electrons. The molecule has 0 unspecified atom stereocenters. The summed E-state index contributed by atoms with van der Waals surface area (Å²) >= 11 is 0. The number of furan rings is 1. The van der Waals surface area contributed by atoms with E-state index in [1.165, 1.54) is 27.6 Å². The zero-order chi connectivity index (χ0) is 35.7. The summed E-state index contributed by atoms with van der Waals surface area (Å²) in [4.78, 5) is 16.1. The zero-order valence-corrected chi connectivity index (χ0v) is 29.6. The Morgan fingerprint density at radius 3 is 1.76 bits per heavy atom. The summed E-state index contributed by atoms with van der Waals surface area (Å²) in [5.74, 6) is 1.68. The minimum absolute atomic E-state index is 0.165. The van der Waals surface area contributed by atoms with Crippen molar-refractivity contribution < 1.29 is 4.42 Å². The molecule has 4 aromatic heterocycles. The molecule has 4 heterocycles. The number of nitrogens with zero attached hydrogens (tertiary/aromatic N) is 5. The average molecular weight is 694 g/mol. The van der Waals surface area contributed by atoms with Crippen LogP contribution in [0.25, 0.3) is 100.0 Å². The third-order valence-electron chi connectivity index (χ3n) is 11.6. The molecule has 0 spiro atoms. The van der Waals surface area contributed by atoms with Crippen LogP contribution in [0.1, 0.15) is 25.0 Å². The van der Waals surface area contributed by atoms with Crippen molar-refractivity contribution in [2.75, 3.05) is 0 Å². The quantitative estimate of drug-likeness (QED) is 0.185. The van der Waals surface area contributed by atoms with Gasteiger partial charge in [-0.25, -0.2) is 0 Å². The lowest BCUT2D eigenvalue weighted by Gasteiger charge is -2.21. The highest BCUT2D eigenvalue weighted by Gasteiger charge is 2.38. The SMILES string of the molecule is CC1(C)c2ccccc2-c2c1ccc1c3ccccc3n(-c3nc(-c4ccc5c(c4)oc4ccccc45)nc(-n4c5ccccc5c5ccccc54)n3)c21. The fraction of sp³-hybridized carbons (Fsp3) is 0.0625. The summed E-state index contributed by atoms with van der Waals surface area (Å²) in [7, 11) is 0. The number of hydrogen-bond donors (Lipinski definition) is 0. The Balaban J connectivity index is 1.22. The summed E-state index contributed by atoms with van der Waals surface area (Å²) in [5, 5.41) is 6.76. The molecule has 54 heavy (non-hydrogen) atoms. The minimum Gasteiger partial charge on any atom is -0.456 e. The smallest absolute Gasteiger partial charge is 0.240 e. The van der Waals surface area contributed by atoms with Crippen molar-refractivity contribution in [3.05, 3.63) is 163 Å². The maximum Gasteiger partial charge on any atom is 0.240 e. The molecule has 1 aliphatic carbocycles. The Labute approximate surface area is 309 Å². The van der Waals surface area contributed by atoms with Crippen LogP contribution in [-0.2, 0) is 5.41 Å². The van der Waals surface area contributed by atoms with Crippen molar-refractivity contribution in [3.63, 3.8) is 0 Å². The molecule has 12 rings (SSSR count). The van der Waals surface area contributed by atoms with Crippen molar-refractivity contribution in [1.29, 1.82) is 0 Å². The van der Waals surface area contributed by atoms with Crippen molar-refractivity contribution >= 4 is 65.6 Å². The van der Waals surface area contributed by atoms with Crippen LogP contribution in [0.5, 0.6) is 0 Å². The average Bonchev–Trinajstić information content (AvgIpc) is 3.93. The van der Waals surface area contributed by atoms with E-state index in [0.717, 1.165) is 65.7 Å². The second-order valence-electron chi connectivity index (χ2n) is 14.8. The van der Waals surface area contributed by atoms with Gasteiger partial charge in [0, 0.05) is 48.9 Å². The van der Waals surface area contributed by atoms with Gasteiger partial charge in [0.2, 0.25) is 11.9 Å². The summed E-state index contributed by atoms with van der Waals surface area (Å²) in [6, 6.07) is 53.4. The Hall–Kier alpha value is -7.05. The van der Waals surface area contributed by atoms with Gasteiger partial charge in [0.05, 0.1) is 22.1 Å². The van der Waals surface area contributed by atoms with E-state index >= 15 is 0 Å². The minimum atomic E-state index is -0.165. The van der Waals surface area contributed by atoms with Gasteiger partial charge in [0.25, 0.3) is 0 Å². The van der Waals surface area contributed by atoms with Gasteiger partial charge in [0.15, 0.2) is 5.82 Å². The van der Waals surface area contributed by atoms with E-state index in [0.29, 0.717) is 17.7 Å². The molecular formula is C48H31N5O.